The van der Waals surface area contributed by atoms with Crippen molar-refractivity contribution in [3.05, 3.63) is 58.2 Å². The zero-order valence-electron chi connectivity index (χ0n) is 17.2. The minimum atomic E-state index is -2.45. The van der Waals surface area contributed by atoms with E-state index in [1.54, 1.807) is 25.4 Å². The fraction of sp³-hybridized carbons (Fsp3) is 0.333. The highest BCUT2D eigenvalue weighted by molar-refractivity contribution is 8.24. The number of benzene rings is 1. The van der Waals surface area contributed by atoms with Crippen molar-refractivity contribution in [2.45, 2.75) is 31.9 Å². The standard InChI is InChI=1S/C21H23Cl2FN4O3S/c1-12(19-16(22)2-3-17(24)20(19)23)31-18-8-13(9-26-21(18)25)14-10-27-28(11-14)15-4-6-32(29,30)7-5-15/h2-3,8-12,15,29-30H,4-7H2,1H3,(H2,25,26). The van der Waals surface area contributed by atoms with E-state index in [4.69, 9.17) is 33.7 Å². The molecule has 7 nitrogen and oxygen atoms in total. The lowest BCUT2D eigenvalue weighted by molar-refractivity contribution is 0.227. The number of halogens is 3. The number of nitrogens with two attached hydrogens (primary N) is 1. The number of anilines is 1. The molecule has 3 heterocycles. The molecule has 1 saturated heterocycles. The fourth-order valence-electron chi connectivity index (χ4n) is 3.72. The van der Waals surface area contributed by atoms with E-state index in [2.05, 4.69) is 10.1 Å². The van der Waals surface area contributed by atoms with E-state index >= 15 is 0 Å². The minimum Gasteiger partial charge on any atom is -0.482 e. The molecule has 32 heavy (non-hydrogen) atoms. The SMILES string of the molecule is CC(Oc1cc(-c2cnn(C3CCS(O)(O)CC3)c2)cnc1N)c1c(Cl)ccc(F)c1Cl. The van der Waals surface area contributed by atoms with Gasteiger partial charge in [0, 0.05) is 45.6 Å². The van der Waals surface area contributed by atoms with Crippen LogP contribution in [0, 0.1) is 5.82 Å². The Balaban J connectivity index is 1.55. The Hall–Kier alpha value is -2.04. The molecular formula is C21H23Cl2FN4O3S. The maximum atomic E-state index is 13.9. The Morgan fingerprint density at radius 2 is 1.94 bits per heavy atom. The van der Waals surface area contributed by atoms with Gasteiger partial charge in [-0.25, -0.2) is 9.37 Å². The molecule has 3 aromatic rings. The number of nitrogen functional groups attached to an aromatic ring is 1. The van der Waals surface area contributed by atoms with Crippen molar-refractivity contribution in [1.29, 1.82) is 0 Å². The summed E-state index contributed by atoms with van der Waals surface area (Å²) >= 11 is 12.3. The predicted octanol–water partition coefficient (Wildman–Crippen LogP) is 6.20. The highest BCUT2D eigenvalue weighted by Gasteiger charge is 2.26. The maximum Gasteiger partial charge on any atom is 0.166 e. The number of hydrogen-bond donors (Lipinski definition) is 3. The van der Waals surface area contributed by atoms with Gasteiger partial charge in [-0.05, 0) is 38.0 Å². The van der Waals surface area contributed by atoms with E-state index in [-0.39, 0.29) is 21.9 Å². The number of pyridine rings is 1. The summed E-state index contributed by atoms with van der Waals surface area (Å²) in [7, 11) is -2.45. The van der Waals surface area contributed by atoms with Gasteiger partial charge in [0.2, 0.25) is 0 Å². The predicted molar refractivity (Wildman–Crippen MR) is 126 cm³/mol. The highest BCUT2D eigenvalue weighted by Crippen LogP contribution is 2.47. The molecule has 2 aromatic heterocycles. The third-order valence-corrected chi connectivity index (χ3v) is 8.03. The van der Waals surface area contributed by atoms with Crippen LogP contribution in [0.5, 0.6) is 5.75 Å². The summed E-state index contributed by atoms with van der Waals surface area (Å²) < 4.78 is 41.3. The Bertz CT molecular complexity index is 1130. The van der Waals surface area contributed by atoms with Crippen molar-refractivity contribution in [1.82, 2.24) is 14.8 Å². The molecule has 1 aliphatic heterocycles. The third-order valence-electron chi connectivity index (χ3n) is 5.54. The fourth-order valence-corrected chi connectivity index (χ4v) is 5.90. The van der Waals surface area contributed by atoms with E-state index in [1.807, 2.05) is 10.9 Å². The summed E-state index contributed by atoms with van der Waals surface area (Å²) in [5, 5.41) is 4.63. The van der Waals surface area contributed by atoms with E-state index in [0.29, 0.717) is 35.7 Å². The van der Waals surface area contributed by atoms with Gasteiger partial charge < -0.3 is 10.5 Å². The first kappa shape index (κ1) is 23.1. The average Bonchev–Trinajstić information content (AvgIpc) is 3.23. The largest absolute Gasteiger partial charge is 0.482 e. The van der Waals surface area contributed by atoms with Crippen molar-refractivity contribution in [3.8, 4) is 16.9 Å². The van der Waals surface area contributed by atoms with E-state index in [9.17, 15) is 13.5 Å². The molecule has 0 amide bonds. The van der Waals surface area contributed by atoms with Crippen molar-refractivity contribution in [3.63, 3.8) is 0 Å². The number of rotatable bonds is 5. The van der Waals surface area contributed by atoms with Crippen LogP contribution in [0.3, 0.4) is 0 Å². The topological polar surface area (TPSA) is 106 Å². The first-order chi connectivity index (χ1) is 15.1. The van der Waals surface area contributed by atoms with Crippen molar-refractivity contribution in [2.75, 3.05) is 17.2 Å². The van der Waals surface area contributed by atoms with Crippen molar-refractivity contribution < 1.29 is 18.2 Å². The molecule has 1 aromatic carbocycles. The number of nitrogens with zero attached hydrogens (tertiary/aromatic N) is 3. The maximum absolute atomic E-state index is 13.9. The Morgan fingerprint density at radius 3 is 2.66 bits per heavy atom. The normalized spacial score (nSPS) is 18.3. The van der Waals surface area contributed by atoms with Gasteiger partial charge >= 0.3 is 0 Å². The van der Waals surface area contributed by atoms with Crippen LogP contribution < -0.4 is 10.5 Å². The smallest absolute Gasteiger partial charge is 0.166 e. The van der Waals surface area contributed by atoms with E-state index in [0.717, 1.165) is 11.1 Å². The molecule has 4 N–H and O–H groups in total. The number of aromatic nitrogens is 3. The molecule has 0 saturated carbocycles. The first-order valence-corrected chi connectivity index (χ1v) is 12.6. The lowest BCUT2D eigenvalue weighted by atomic mass is 10.1. The summed E-state index contributed by atoms with van der Waals surface area (Å²) in [6.45, 7) is 1.70. The molecule has 1 atom stereocenters. The van der Waals surface area contributed by atoms with Gasteiger partial charge in [-0.15, -0.1) is 0 Å². The molecule has 0 spiro atoms. The Morgan fingerprint density at radius 1 is 1.22 bits per heavy atom. The monoisotopic (exact) mass is 500 g/mol. The van der Waals surface area contributed by atoms with E-state index in [1.165, 1.54) is 12.1 Å². The van der Waals surface area contributed by atoms with Gasteiger partial charge in [0.25, 0.3) is 0 Å². The van der Waals surface area contributed by atoms with Crippen LogP contribution >= 0.6 is 33.8 Å². The van der Waals surface area contributed by atoms with Crippen LogP contribution in [0.2, 0.25) is 10.0 Å². The lowest BCUT2D eigenvalue weighted by Gasteiger charge is -2.39. The summed E-state index contributed by atoms with van der Waals surface area (Å²) in [6, 6.07) is 4.47. The molecular weight excluding hydrogens is 478 g/mol. The second-order valence-corrected chi connectivity index (χ2v) is 11.0. The first-order valence-electron chi connectivity index (χ1n) is 9.98. The lowest BCUT2D eigenvalue weighted by Crippen LogP contribution is -2.23. The van der Waals surface area contributed by atoms with Gasteiger partial charge in [-0.1, -0.05) is 23.2 Å². The molecule has 1 fully saturated rings. The van der Waals surface area contributed by atoms with Crippen LogP contribution in [0.1, 0.15) is 37.5 Å². The average molecular weight is 501 g/mol. The van der Waals surface area contributed by atoms with Crippen LogP contribution in [-0.4, -0.2) is 35.4 Å². The second-order valence-electron chi connectivity index (χ2n) is 7.77. The number of ether oxygens (including phenoxy) is 1. The van der Waals surface area contributed by atoms with E-state index < -0.39 is 22.5 Å². The quantitative estimate of drug-likeness (QED) is 0.360. The van der Waals surface area contributed by atoms with Crippen LogP contribution in [-0.2, 0) is 0 Å². The van der Waals surface area contributed by atoms with Crippen molar-refractivity contribution in [2.24, 2.45) is 0 Å². The summed E-state index contributed by atoms with van der Waals surface area (Å²) in [4.78, 5) is 4.22. The molecule has 172 valence electrons. The number of hydrogen-bond acceptors (Lipinski definition) is 6. The third kappa shape index (κ3) is 4.82. The van der Waals surface area contributed by atoms with Crippen molar-refractivity contribution >= 4 is 39.6 Å². The summed E-state index contributed by atoms with van der Waals surface area (Å²) in [5.74, 6) is 0.673. The van der Waals surface area contributed by atoms with Gasteiger partial charge in [-0.2, -0.15) is 15.7 Å². The molecule has 11 heteroatoms. The molecule has 0 aliphatic carbocycles. The van der Waals surface area contributed by atoms with Crippen LogP contribution in [0.25, 0.3) is 11.1 Å². The molecule has 0 bridgehead atoms. The Labute approximate surface area is 196 Å². The summed E-state index contributed by atoms with van der Waals surface area (Å²) in [6.07, 6.45) is 5.87. The van der Waals surface area contributed by atoms with Gasteiger partial charge in [0.05, 0.1) is 17.3 Å². The second kappa shape index (κ2) is 9.07. The highest BCUT2D eigenvalue weighted by atomic mass is 35.5. The zero-order chi connectivity index (χ0) is 23.0. The van der Waals surface area contributed by atoms with Gasteiger partial charge in [0.1, 0.15) is 11.9 Å². The zero-order valence-corrected chi connectivity index (χ0v) is 19.5. The summed E-state index contributed by atoms with van der Waals surface area (Å²) in [5.41, 5.74) is 7.89. The molecule has 1 aliphatic rings. The molecule has 4 rings (SSSR count). The minimum absolute atomic E-state index is 0.0990. The Kier molecular flexibility index (Phi) is 6.56. The van der Waals surface area contributed by atoms with Gasteiger partial charge in [0.15, 0.2) is 11.6 Å². The molecule has 0 radical (unpaired) electrons. The van der Waals surface area contributed by atoms with Crippen LogP contribution in [0.4, 0.5) is 10.2 Å². The van der Waals surface area contributed by atoms with Crippen LogP contribution in [0.15, 0.2) is 36.8 Å². The molecule has 1 unspecified atom stereocenters. The van der Waals surface area contributed by atoms with Gasteiger partial charge in [-0.3, -0.25) is 13.8 Å².